The number of hydrogen-bond acceptors (Lipinski definition) is 4. The standard InChI is InChI=1S/C31H34ClN5O/c1-31(26-10-6-3-7-11-26)23-36(28-14-12-27(32)13-15-28)20-21-37(31)19-17-33-30(38)16-18-35-22-29(34-24-35)25-8-4-2-5-9-25/h2-15,22,24H,16-21,23H2,1H3,(H,33,38). The summed E-state index contributed by atoms with van der Waals surface area (Å²) in [5.41, 5.74) is 4.27. The van der Waals surface area contributed by atoms with E-state index < -0.39 is 0 Å². The SMILES string of the molecule is CC1(c2ccccc2)CN(c2ccc(Cl)cc2)CCN1CCNC(=O)CCn1cnc(-c2ccccc2)c1. The Morgan fingerprint density at radius 2 is 1.66 bits per heavy atom. The molecule has 4 aromatic rings. The number of anilines is 1. The summed E-state index contributed by atoms with van der Waals surface area (Å²) < 4.78 is 1.98. The van der Waals surface area contributed by atoms with E-state index in [1.165, 1.54) is 11.3 Å². The molecule has 1 amide bonds. The lowest BCUT2D eigenvalue weighted by molar-refractivity contribution is -0.121. The molecule has 1 aliphatic rings. The van der Waals surface area contributed by atoms with E-state index in [1.54, 1.807) is 6.33 Å². The Hall–Kier alpha value is -3.61. The molecular formula is C31H34ClN5O. The molecule has 1 atom stereocenters. The largest absolute Gasteiger partial charge is 0.368 e. The molecule has 196 valence electrons. The minimum atomic E-state index is -0.186. The first-order chi connectivity index (χ1) is 18.5. The summed E-state index contributed by atoms with van der Waals surface area (Å²) in [6.45, 7) is 6.99. The Morgan fingerprint density at radius 3 is 2.39 bits per heavy atom. The van der Waals surface area contributed by atoms with Crippen molar-refractivity contribution in [3.8, 4) is 11.3 Å². The number of carbonyl (C=O) groups is 1. The van der Waals surface area contributed by atoms with Crippen LogP contribution in [0.5, 0.6) is 0 Å². The lowest BCUT2D eigenvalue weighted by atomic mass is 9.87. The molecule has 0 radical (unpaired) electrons. The Labute approximate surface area is 229 Å². The second-order valence-corrected chi connectivity index (χ2v) is 10.4. The van der Waals surface area contributed by atoms with Gasteiger partial charge in [-0.2, -0.15) is 0 Å². The molecule has 7 heteroatoms. The molecule has 0 saturated carbocycles. The first kappa shape index (κ1) is 26.0. The van der Waals surface area contributed by atoms with Crippen LogP contribution in [0.15, 0.2) is 97.5 Å². The number of nitrogens with one attached hydrogen (secondary N) is 1. The number of piperazine rings is 1. The van der Waals surface area contributed by atoms with E-state index in [4.69, 9.17) is 11.6 Å². The molecular weight excluding hydrogens is 494 g/mol. The summed E-state index contributed by atoms with van der Waals surface area (Å²) in [4.78, 5) is 22.0. The predicted molar refractivity (Wildman–Crippen MR) is 154 cm³/mol. The molecule has 1 aromatic heterocycles. The Kier molecular flexibility index (Phi) is 8.11. The fourth-order valence-corrected chi connectivity index (χ4v) is 5.36. The minimum Gasteiger partial charge on any atom is -0.368 e. The van der Waals surface area contributed by atoms with Gasteiger partial charge in [0.2, 0.25) is 5.91 Å². The van der Waals surface area contributed by atoms with Crippen LogP contribution in [0.4, 0.5) is 5.69 Å². The number of aryl methyl sites for hydroxylation is 1. The average molecular weight is 528 g/mol. The van der Waals surface area contributed by atoms with E-state index in [9.17, 15) is 4.79 Å². The van der Waals surface area contributed by atoms with Gasteiger partial charge >= 0.3 is 0 Å². The van der Waals surface area contributed by atoms with Crippen molar-refractivity contribution in [2.75, 3.05) is 37.6 Å². The lowest BCUT2D eigenvalue weighted by Gasteiger charge is -2.50. The summed E-state index contributed by atoms with van der Waals surface area (Å²) in [6, 6.07) is 28.8. The molecule has 0 spiro atoms. The number of hydrogen-bond donors (Lipinski definition) is 1. The van der Waals surface area contributed by atoms with Gasteiger partial charge in [-0.25, -0.2) is 4.98 Å². The van der Waals surface area contributed by atoms with Crippen molar-refractivity contribution < 1.29 is 4.79 Å². The molecule has 38 heavy (non-hydrogen) atoms. The van der Waals surface area contributed by atoms with Crippen LogP contribution < -0.4 is 10.2 Å². The Morgan fingerprint density at radius 1 is 0.947 bits per heavy atom. The summed E-state index contributed by atoms with van der Waals surface area (Å²) in [7, 11) is 0. The molecule has 6 nitrogen and oxygen atoms in total. The number of halogens is 1. The number of imidazole rings is 1. The van der Waals surface area contributed by atoms with E-state index >= 15 is 0 Å². The molecule has 0 aliphatic carbocycles. The topological polar surface area (TPSA) is 53.4 Å². The van der Waals surface area contributed by atoms with E-state index in [1.807, 2.05) is 53.2 Å². The molecule has 5 rings (SSSR count). The molecule has 1 fully saturated rings. The van der Waals surface area contributed by atoms with Gasteiger partial charge < -0.3 is 14.8 Å². The molecule has 2 heterocycles. The van der Waals surface area contributed by atoms with Gasteiger partial charge in [0, 0.05) is 68.2 Å². The normalized spacial score (nSPS) is 17.9. The van der Waals surface area contributed by atoms with Crippen LogP contribution in [0.3, 0.4) is 0 Å². The van der Waals surface area contributed by atoms with Gasteiger partial charge in [0.05, 0.1) is 17.6 Å². The Balaban J connectivity index is 1.17. The highest BCUT2D eigenvalue weighted by molar-refractivity contribution is 6.30. The van der Waals surface area contributed by atoms with E-state index in [-0.39, 0.29) is 11.4 Å². The van der Waals surface area contributed by atoms with Gasteiger partial charge in [-0.1, -0.05) is 72.3 Å². The predicted octanol–water partition coefficient (Wildman–Crippen LogP) is 5.45. The van der Waals surface area contributed by atoms with Crippen molar-refractivity contribution >= 4 is 23.2 Å². The zero-order valence-electron chi connectivity index (χ0n) is 21.8. The third-order valence-electron chi connectivity index (χ3n) is 7.43. The second-order valence-electron chi connectivity index (χ2n) is 9.99. The fourth-order valence-electron chi connectivity index (χ4n) is 5.23. The highest BCUT2D eigenvalue weighted by Crippen LogP contribution is 2.34. The number of carbonyl (C=O) groups excluding carboxylic acids is 1. The van der Waals surface area contributed by atoms with Crippen LogP contribution >= 0.6 is 11.6 Å². The number of rotatable bonds is 9. The van der Waals surface area contributed by atoms with Gasteiger partial charge in [0.1, 0.15) is 0 Å². The van der Waals surface area contributed by atoms with Crippen molar-refractivity contribution in [2.45, 2.75) is 25.4 Å². The minimum absolute atomic E-state index is 0.0566. The van der Waals surface area contributed by atoms with Gasteiger partial charge in [0.15, 0.2) is 0 Å². The smallest absolute Gasteiger partial charge is 0.221 e. The monoisotopic (exact) mass is 527 g/mol. The third kappa shape index (κ3) is 6.09. The number of aromatic nitrogens is 2. The van der Waals surface area contributed by atoms with Crippen molar-refractivity contribution in [2.24, 2.45) is 0 Å². The molecule has 1 N–H and O–H groups in total. The van der Waals surface area contributed by atoms with Gasteiger partial charge in [-0.15, -0.1) is 0 Å². The molecule has 0 bridgehead atoms. The van der Waals surface area contributed by atoms with Crippen molar-refractivity contribution in [1.29, 1.82) is 0 Å². The van der Waals surface area contributed by atoms with E-state index in [0.29, 0.717) is 19.5 Å². The highest BCUT2D eigenvalue weighted by Gasteiger charge is 2.39. The van der Waals surface area contributed by atoms with Crippen LogP contribution in [-0.2, 0) is 16.9 Å². The van der Waals surface area contributed by atoms with E-state index in [0.717, 1.165) is 42.5 Å². The summed E-state index contributed by atoms with van der Waals surface area (Å²) >= 11 is 6.13. The maximum atomic E-state index is 12.6. The second kappa shape index (κ2) is 11.8. The Bertz CT molecular complexity index is 1330. The third-order valence-corrected chi connectivity index (χ3v) is 7.68. The summed E-state index contributed by atoms with van der Waals surface area (Å²) in [5.74, 6) is 0.0566. The quantitative estimate of drug-likeness (QED) is 0.314. The van der Waals surface area contributed by atoms with Crippen LogP contribution in [0.1, 0.15) is 18.9 Å². The first-order valence-corrected chi connectivity index (χ1v) is 13.5. The highest BCUT2D eigenvalue weighted by atomic mass is 35.5. The van der Waals surface area contributed by atoms with Crippen molar-refractivity contribution in [3.63, 3.8) is 0 Å². The van der Waals surface area contributed by atoms with E-state index in [2.05, 4.69) is 69.5 Å². The van der Waals surface area contributed by atoms with Crippen LogP contribution in [0.2, 0.25) is 5.02 Å². The first-order valence-electron chi connectivity index (χ1n) is 13.2. The van der Waals surface area contributed by atoms with Crippen LogP contribution in [-0.4, -0.2) is 53.1 Å². The molecule has 3 aromatic carbocycles. The van der Waals surface area contributed by atoms with Crippen LogP contribution in [0, 0.1) is 0 Å². The maximum absolute atomic E-state index is 12.6. The molecule has 1 saturated heterocycles. The van der Waals surface area contributed by atoms with Crippen molar-refractivity contribution in [1.82, 2.24) is 19.8 Å². The van der Waals surface area contributed by atoms with Crippen LogP contribution in [0.25, 0.3) is 11.3 Å². The van der Waals surface area contributed by atoms with Gasteiger partial charge in [0.25, 0.3) is 0 Å². The van der Waals surface area contributed by atoms with Gasteiger partial charge in [-0.3, -0.25) is 9.69 Å². The van der Waals surface area contributed by atoms with Crippen molar-refractivity contribution in [3.05, 3.63) is 108 Å². The molecule has 1 aliphatic heterocycles. The van der Waals surface area contributed by atoms with Gasteiger partial charge in [-0.05, 0) is 36.8 Å². The lowest BCUT2D eigenvalue weighted by Crippen LogP contribution is -2.60. The zero-order valence-corrected chi connectivity index (χ0v) is 22.5. The fraction of sp³-hybridized carbons (Fsp3) is 0.290. The molecule has 1 unspecified atom stereocenters. The number of nitrogens with zero attached hydrogens (tertiary/aromatic N) is 4. The summed E-state index contributed by atoms with van der Waals surface area (Å²) in [6.07, 6.45) is 4.21. The number of amides is 1. The summed E-state index contributed by atoms with van der Waals surface area (Å²) in [5, 5.41) is 3.88. The average Bonchev–Trinajstić information content (AvgIpc) is 3.43. The zero-order chi connectivity index (χ0) is 26.4. The maximum Gasteiger partial charge on any atom is 0.221 e. The number of benzene rings is 3.